The van der Waals surface area contributed by atoms with Crippen LogP contribution in [0.5, 0.6) is 0 Å². The first-order valence-corrected chi connectivity index (χ1v) is 5.45. The van der Waals surface area contributed by atoms with Crippen LogP contribution in [0.2, 0.25) is 0 Å². The van der Waals surface area contributed by atoms with E-state index in [9.17, 15) is 0 Å². The molecule has 0 aliphatic carbocycles. The SMILES string of the molecule is [CH2-]N(C)CCCOCCCNC(C)C.[Y]. The van der Waals surface area contributed by atoms with Gasteiger partial charge in [0.2, 0.25) is 0 Å². The zero-order valence-electron chi connectivity index (χ0n) is 10.5. The van der Waals surface area contributed by atoms with Crippen molar-refractivity contribution in [1.29, 1.82) is 0 Å². The summed E-state index contributed by atoms with van der Waals surface area (Å²) in [6, 6.07) is 0.579. The summed E-state index contributed by atoms with van der Waals surface area (Å²) in [7, 11) is 5.75. The van der Waals surface area contributed by atoms with E-state index in [1.165, 1.54) is 0 Å². The molecular formula is C11H25N2OY-. The molecule has 0 bridgehead atoms. The summed E-state index contributed by atoms with van der Waals surface area (Å²) in [5.41, 5.74) is 0. The van der Waals surface area contributed by atoms with Gasteiger partial charge in [0.25, 0.3) is 0 Å². The molecule has 0 aliphatic heterocycles. The molecule has 0 aliphatic rings. The molecule has 0 aromatic heterocycles. The van der Waals surface area contributed by atoms with Gasteiger partial charge in [-0.3, -0.25) is 7.05 Å². The Hall–Kier alpha value is 0.984. The number of rotatable bonds is 9. The summed E-state index contributed by atoms with van der Waals surface area (Å²) in [6.45, 7) is 8.08. The molecule has 3 nitrogen and oxygen atoms in total. The van der Waals surface area contributed by atoms with Crippen molar-refractivity contribution in [2.75, 3.05) is 33.4 Å². The van der Waals surface area contributed by atoms with E-state index in [-0.39, 0.29) is 32.7 Å². The van der Waals surface area contributed by atoms with Gasteiger partial charge >= 0.3 is 0 Å². The number of ether oxygens (including phenoxy) is 1. The van der Waals surface area contributed by atoms with E-state index >= 15 is 0 Å². The minimum atomic E-state index is 0. The third-order valence-electron chi connectivity index (χ3n) is 1.85. The molecule has 0 heterocycles. The van der Waals surface area contributed by atoms with Crippen molar-refractivity contribution >= 4 is 0 Å². The van der Waals surface area contributed by atoms with Crippen LogP contribution in [0.25, 0.3) is 0 Å². The molecule has 89 valence electrons. The second-order valence-corrected chi connectivity index (χ2v) is 4.01. The van der Waals surface area contributed by atoms with Gasteiger partial charge in [-0.05, 0) is 33.0 Å². The number of hydrogen-bond donors (Lipinski definition) is 1. The third-order valence-corrected chi connectivity index (χ3v) is 1.85. The van der Waals surface area contributed by atoms with Crippen LogP contribution in [0.4, 0.5) is 0 Å². The number of nitrogens with zero attached hydrogens (tertiary/aromatic N) is 1. The molecule has 4 heteroatoms. The normalized spacial score (nSPS) is 10.8. The maximum atomic E-state index is 5.47. The van der Waals surface area contributed by atoms with Crippen LogP contribution < -0.4 is 5.32 Å². The molecule has 15 heavy (non-hydrogen) atoms. The number of hydrogen-bond acceptors (Lipinski definition) is 3. The van der Waals surface area contributed by atoms with Crippen LogP contribution in [0.3, 0.4) is 0 Å². The summed E-state index contributed by atoms with van der Waals surface area (Å²) in [5, 5.41) is 3.36. The minimum absolute atomic E-state index is 0. The predicted molar refractivity (Wildman–Crippen MR) is 61.2 cm³/mol. The zero-order valence-corrected chi connectivity index (χ0v) is 13.3. The Balaban J connectivity index is 0. The van der Waals surface area contributed by atoms with Crippen molar-refractivity contribution < 1.29 is 37.4 Å². The van der Waals surface area contributed by atoms with E-state index in [0.29, 0.717) is 6.04 Å². The minimum Gasteiger partial charge on any atom is -0.462 e. The van der Waals surface area contributed by atoms with Gasteiger partial charge in [-0.1, -0.05) is 13.8 Å². The van der Waals surface area contributed by atoms with Crippen molar-refractivity contribution in [2.24, 2.45) is 0 Å². The Labute approximate surface area is 120 Å². The molecule has 0 atom stereocenters. The molecule has 0 aromatic carbocycles. The van der Waals surface area contributed by atoms with Gasteiger partial charge in [0.15, 0.2) is 0 Å². The molecule has 0 fully saturated rings. The average Bonchev–Trinajstić information content (AvgIpc) is 2.08. The van der Waals surface area contributed by atoms with Gasteiger partial charge in [0, 0.05) is 52.0 Å². The van der Waals surface area contributed by atoms with E-state index in [1.807, 2.05) is 11.9 Å². The van der Waals surface area contributed by atoms with Crippen LogP contribution >= 0.6 is 0 Å². The second-order valence-electron chi connectivity index (χ2n) is 4.01. The molecule has 1 N–H and O–H groups in total. The summed E-state index contributed by atoms with van der Waals surface area (Å²) >= 11 is 0. The van der Waals surface area contributed by atoms with Gasteiger partial charge in [-0.15, -0.1) is 0 Å². The fourth-order valence-corrected chi connectivity index (χ4v) is 1.10. The first-order chi connectivity index (χ1) is 6.63. The Morgan fingerprint density at radius 2 is 1.87 bits per heavy atom. The van der Waals surface area contributed by atoms with Crippen LogP contribution in [0, 0.1) is 7.05 Å². The molecule has 0 saturated heterocycles. The van der Waals surface area contributed by atoms with Gasteiger partial charge in [0.1, 0.15) is 0 Å². The Morgan fingerprint density at radius 1 is 1.27 bits per heavy atom. The van der Waals surface area contributed by atoms with E-state index in [0.717, 1.165) is 39.1 Å². The van der Waals surface area contributed by atoms with E-state index < -0.39 is 0 Å². The fraction of sp³-hybridized carbons (Fsp3) is 0.909. The summed E-state index contributed by atoms with van der Waals surface area (Å²) in [6.07, 6.45) is 2.16. The molecule has 0 rings (SSSR count). The third kappa shape index (κ3) is 17.6. The van der Waals surface area contributed by atoms with Gasteiger partial charge < -0.3 is 15.0 Å². The van der Waals surface area contributed by atoms with Crippen LogP contribution in [0.1, 0.15) is 26.7 Å². The zero-order chi connectivity index (χ0) is 10.8. The quantitative estimate of drug-likeness (QED) is 0.514. The van der Waals surface area contributed by atoms with Crippen LogP contribution in [-0.4, -0.2) is 44.3 Å². The first-order valence-electron chi connectivity index (χ1n) is 5.45. The Morgan fingerprint density at radius 3 is 2.40 bits per heavy atom. The predicted octanol–water partition coefficient (Wildman–Crippen LogP) is 1.50. The molecule has 0 unspecified atom stereocenters. The van der Waals surface area contributed by atoms with E-state index in [1.54, 1.807) is 0 Å². The summed E-state index contributed by atoms with van der Waals surface area (Å²) < 4.78 is 5.47. The molecule has 0 spiro atoms. The standard InChI is InChI=1S/C11H25N2O.Y/c1-11(2)12-7-5-9-14-10-6-8-13(3)4;/h11-12H,3,5-10H2,1-2,4H3;/q-1;. The molecule has 0 amide bonds. The van der Waals surface area contributed by atoms with E-state index in [2.05, 4.69) is 26.2 Å². The first kappa shape index (κ1) is 18.4. The molecule has 1 radical (unpaired) electrons. The average molecular weight is 290 g/mol. The summed E-state index contributed by atoms with van der Waals surface area (Å²) in [5.74, 6) is 0. The summed E-state index contributed by atoms with van der Waals surface area (Å²) in [4.78, 5) is 1.93. The molecule has 0 saturated carbocycles. The Bertz CT molecular complexity index is 107. The van der Waals surface area contributed by atoms with Crippen molar-refractivity contribution in [2.45, 2.75) is 32.7 Å². The van der Waals surface area contributed by atoms with Gasteiger partial charge in [-0.25, -0.2) is 0 Å². The smallest absolute Gasteiger partial charge is 0.0478 e. The number of nitrogens with one attached hydrogen (secondary N) is 1. The largest absolute Gasteiger partial charge is 0.462 e. The Kier molecular flexibility index (Phi) is 16.0. The monoisotopic (exact) mass is 290 g/mol. The second kappa shape index (κ2) is 13.1. The molecular weight excluding hydrogens is 265 g/mol. The van der Waals surface area contributed by atoms with Crippen molar-refractivity contribution in [3.05, 3.63) is 7.05 Å². The van der Waals surface area contributed by atoms with Gasteiger partial charge in [-0.2, -0.15) is 0 Å². The van der Waals surface area contributed by atoms with Crippen molar-refractivity contribution in [1.82, 2.24) is 10.2 Å². The maximum absolute atomic E-state index is 5.47. The molecule has 0 aromatic rings. The van der Waals surface area contributed by atoms with Crippen molar-refractivity contribution in [3.63, 3.8) is 0 Å². The van der Waals surface area contributed by atoms with E-state index in [4.69, 9.17) is 4.74 Å². The van der Waals surface area contributed by atoms with Crippen molar-refractivity contribution in [3.8, 4) is 0 Å². The van der Waals surface area contributed by atoms with Crippen LogP contribution in [-0.2, 0) is 37.4 Å². The van der Waals surface area contributed by atoms with Crippen LogP contribution in [0.15, 0.2) is 0 Å². The maximum Gasteiger partial charge on any atom is 0.0478 e. The van der Waals surface area contributed by atoms with Gasteiger partial charge in [0.05, 0.1) is 0 Å². The fourth-order valence-electron chi connectivity index (χ4n) is 1.10. The topological polar surface area (TPSA) is 24.5 Å².